The van der Waals surface area contributed by atoms with E-state index >= 15 is 0 Å². The molecule has 1 heterocycles. The normalized spacial score (nSPS) is 17.7. The lowest BCUT2D eigenvalue weighted by molar-refractivity contribution is -0.118. The van der Waals surface area contributed by atoms with Crippen LogP contribution in [0.1, 0.15) is 12.5 Å². The molecule has 21 heavy (non-hydrogen) atoms. The number of carbonyl (C=O) groups is 1. The summed E-state index contributed by atoms with van der Waals surface area (Å²) < 4.78 is 0. The van der Waals surface area contributed by atoms with Crippen LogP contribution in [0.2, 0.25) is 0 Å². The summed E-state index contributed by atoms with van der Waals surface area (Å²) in [6, 6.07) is 16.6. The van der Waals surface area contributed by atoms with E-state index < -0.39 is 0 Å². The second kappa shape index (κ2) is 6.16. The molecule has 2 aromatic carbocycles. The molecule has 1 aliphatic rings. The summed E-state index contributed by atoms with van der Waals surface area (Å²) in [5.41, 5.74) is 2.19. The highest BCUT2D eigenvalue weighted by Gasteiger charge is 2.30. The standard InChI is InChI=1S/C17H17NOS2/c1-12-17(19)18(15-5-3-4-6-16(15)21-12)11-13-7-9-14(20-2)10-8-13/h3-10,12H,11H2,1-2H3. The summed E-state index contributed by atoms with van der Waals surface area (Å²) >= 11 is 3.38. The molecule has 0 bridgehead atoms. The average molecular weight is 315 g/mol. The van der Waals surface area contributed by atoms with Gasteiger partial charge in [0.25, 0.3) is 0 Å². The number of amides is 1. The van der Waals surface area contributed by atoms with E-state index in [4.69, 9.17) is 0 Å². The average Bonchev–Trinajstić information content (AvgIpc) is 2.52. The zero-order valence-electron chi connectivity index (χ0n) is 12.1. The number of benzene rings is 2. The first-order valence-corrected chi connectivity index (χ1v) is 8.99. The number of para-hydroxylation sites is 1. The molecule has 108 valence electrons. The predicted molar refractivity (Wildman–Crippen MR) is 91.2 cm³/mol. The van der Waals surface area contributed by atoms with Crippen LogP contribution in [0.3, 0.4) is 0 Å². The minimum absolute atomic E-state index is 0.0228. The molecule has 2 aromatic rings. The van der Waals surface area contributed by atoms with Crippen molar-refractivity contribution in [1.29, 1.82) is 0 Å². The molecule has 1 aliphatic heterocycles. The zero-order valence-corrected chi connectivity index (χ0v) is 13.7. The first-order valence-electron chi connectivity index (χ1n) is 6.89. The van der Waals surface area contributed by atoms with E-state index in [-0.39, 0.29) is 11.2 Å². The molecule has 1 atom stereocenters. The van der Waals surface area contributed by atoms with Crippen LogP contribution in [-0.4, -0.2) is 17.4 Å². The van der Waals surface area contributed by atoms with Gasteiger partial charge in [-0.3, -0.25) is 4.79 Å². The Labute approximate surface area is 133 Å². The van der Waals surface area contributed by atoms with Crippen LogP contribution >= 0.6 is 23.5 Å². The number of fused-ring (bicyclic) bond motifs is 1. The van der Waals surface area contributed by atoms with Crippen molar-refractivity contribution in [3.8, 4) is 0 Å². The molecule has 3 rings (SSSR count). The highest BCUT2D eigenvalue weighted by atomic mass is 32.2. The lowest BCUT2D eigenvalue weighted by Crippen LogP contribution is -2.39. The SMILES string of the molecule is CSc1ccc(CN2C(=O)C(C)Sc3ccccc32)cc1. The summed E-state index contributed by atoms with van der Waals surface area (Å²) in [7, 11) is 0. The van der Waals surface area contributed by atoms with Gasteiger partial charge in [0, 0.05) is 9.79 Å². The number of nitrogens with zero attached hydrogens (tertiary/aromatic N) is 1. The van der Waals surface area contributed by atoms with E-state index in [2.05, 4.69) is 36.6 Å². The van der Waals surface area contributed by atoms with Crippen molar-refractivity contribution >= 4 is 35.1 Å². The van der Waals surface area contributed by atoms with Crippen molar-refractivity contribution in [3.05, 3.63) is 54.1 Å². The van der Waals surface area contributed by atoms with E-state index in [1.807, 2.05) is 30.0 Å². The molecule has 0 spiro atoms. The van der Waals surface area contributed by atoms with E-state index in [1.54, 1.807) is 23.5 Å². The van der Waals surface area contributed by atoms with Crippen LogP contribution in [0.5, 0.6) is 0 Å². The Morgan fingerprint density at radius 2 is 1.86 bits per heavy atom. The van der Waals surface area contributed by atoms with Crippen LogP contribution in [0, 0.1) is 0 Å². The van der Waals surface area contributed by atoms with Gasteiger partial charge in [0.05, 0.1) is 17.5 Å². The molecule has 0 N–H and O–H groups in total. The molecule has 1 amide bonds. The number of anilines is 1. The van der Waals surface area contributed by atoms with Gasteiger partial charge in [-0.05, 0) is 43.0 Å². The lowest BCUT2D eigenvalue weighted by Gasteiger charge is -2.32. The van der Waals surface area contributed by atoms with Gasteiger partial charge >= 0.3 is 0 Å². The number of rotatable bonds is 3. The number of thioether (sulfide) groups is 2. The summed E-state index contributed by atoms with van der Waals surface area (Å²) in [5, 5.41) is -0.0228. The monoisotopic (exact) mass is 315 g/mol. The maximum absolute atomic E-state index is 12.5. The predicted octanol–water partition coefficient (Wildman–Crippen LogP) is 4.44. The zero-order chi connectivity index (χ0) is 14.8. The minimum Gasteiger partial charge on any atom is -0.306 e. The fraction of sp³-hybridized carbons (Fsp3) is 0.235. The van der Waals surface area contributed by atoms with Gasteiger partial charge in [-0.25, -0.2) is 0 Å². The summed E-state index contributed by atoms with van der Waals surface area (Å²) in [5.74, 6) is 0.188. The lowest BCUT2D eigenvalue weighted by atomic mass is 10.1. The quantitative estimate of drug-likeness (QED) is 0.781. The third kappa shape index (κ3) is 2.97. The van der Waals surface area contributed by atoms with Crippen molar-refractivity contribution < 1.29 is 4.79 Å². The third-order valence-electron chi connectivity index (χ3n) is 3.57. The molecule has 0 saturated carbocycles. The third-order valence-corrected chi connectivity index (χ3v) is 5.47. The fourth-order valence-corrected chi connectivity index (χ4v) is 3.91. The van der Waals surface area contributed by atoms with Crippen molar-refractivity contribution in [3.63, 3.8) is 0 Å². The highest BCUT2D eigenvalue weighted by Crippen LogP contribution is 2.39. The van der Waals surface area contributed by atoms with Crippen molar-refractivity contribution in [2.24, 2.45) is 0 Å². The van der Waals surface area contributed by atoms with Gasteiger partial charge in [-0.15, -0.1) is 23.5 Å². The summed E-state index contributed by atoms with van der Waals surface area (Å²) in [4.78, 5) is 16.9. The molecule has 0 aromatic heterocycles. The van der Waals surface area contributed by atoms with Crippen LogP contribution in [-0.2, 0) is 11.3 Å². The minimum atomic E-state index is -0.0228. The van der Waals surface area contributed by atoms with Crippen molar-refractivity contribution in [1.82, 2.24) is 0 Å². The molecule has 4 heteroatoms. The van der Waals surface area contributed by atoms with Crippen molar-refractivity contribution in [2.45, 2.75) is 28.5 Å². The number of carbonyl (C=O) groups excluding carboxylic acids is 1. The summed E-state index contributed by atoms with van der Waals surface area (Å²) in [6.07, 6.45) is 2.07. The Morgan fingerprint density at radius 3 is 2.57 bits per heavy atom. The molecule has 0 saturated heterocycles. The smallest absolute Gasteiger partial charge is 0.240 e. The van der Waals surface area contributed by atoms with Crippen LogP contribution in [0.4, 0.5) is 5.69 Å². The van der Waals surface area contributed by atoms with Gasteiger partial charge < -0.3 is 4.90 Å². The van der Waals surface area contributed by atoms with Gasteiger partial charge in [0.2, 0.25) is 5.91 Å². The Balaban J connectivity index is 1.90. The van der Waals surface area contributed by atoms with E-state index in [0.717, 1.165) is 11.3 Å². The topological polar surface area (TPSA) is 20.3 Å². The van der Waals surface area contributed by atoms with E-state index in [9.17, 15) is 4.79 Å². The maximum Gasteiger partial charge on any atom is 0.240 e. The first-order chi connectivity index (χ1) is 10.2. The van der Waals surface area contributed by atoms with Crippen LogP contribution in [0.15, 0.2) is 58.3 Å². The molecule has 1 unspecified atom stereocenters. The fourth-order valence-electron chi connectivity index (χ4n) is 2.44. The molecule has 0 fully saturated rings. The highest BCUT2D eigenvalue weighted by molar-refractivity contribution is 8.01. The Hall–Kier alpha value is -1.39. The maximum atomic E-state index is 12.5. The Morgan fingerprint density at radius 1 is 1.14 bits per heavy atom. The number of hydrogen-bond acceptors (Lipinski definition) is 3. The summed E-state index contributed by atoms with van der Waals surface area (Å²) in [6.45, 7) is 2.61. The molecular formula is C17H17NOS2. The van der Waals surface area contributed by atoms with Crippen LogP contribution < -0.4 is 4.90 Å². The second-order valence-electron chi connectivity index (χ2n) is 5.00. The molecule has 2 nitrogen and oxygen atoms in total. The van der Waals surface area contributed by atoms with Gasteiger partial charge in [-0.2, -0.15) is 0 Å². The molecule has 0 aliphatic carbocycles. The molecular weight excluding hydrogens is 298 g/mol. The Kier molecular flexibility index (Phi) is 4.27. The first kappa shape index (κ1) is 14.5. The largest absolute Gasteiger partial charge is 0.306 e. The van der Waals surface area contributed by atoms with Gasteiger partial charge in [0.1, 0.15) is 0 Å². The van der Waals surface area contributed by atoms with Crippen molar-refractivity contribution in [2.75, 3.05) is 11.2 Å². The molecule has 0 radical (unpaired) electrons. The van der Waals surface area contributed by atoms with E-state index in [0.29, 0.717) is 6.54 Å². The van der Waals surface area contributed by atoms with Crippen LogP contribution in [0.25, 0.3) is 0 Å². The number of hydrogen-bond donors (Lipinski definition) is 0. The second-order valence-corrected chi connectivity index (χ2v) is 7.26. The van der Waals surface area contributed by atoms with Gasteiger partial charge in [0.15, 0.2) is 0 Å². The van der Waals surface area contributed by atoms with E-state index in [1.165, 1.54) is 9.79 Å². The Bertz CT molecular complexity index is 654. The van der Waals surface area contributed by atoms with Gasteiger partial charge in [-0.1, -0.05) is 24.3 Å².